The Morgan fingerprint density at radius 3 is 2.65 bits per heavy atom. The molecule has 2 rings (SSSR count). The van der Waals surface area contributed by atoms with Gasteiger partial charge in [0.05, 0.1) is 17.7 Å². The zero-order chi connectivity index (χ0) is 18.9. The van der Waals surface area contributed by atoms with Gasteiger partial charge in [-0.25, -0.2) is 8.78 Å². The number of carbonyl (C=O) groups excluding carboxylic acids is 2. The average molecular weight is 376 g/mol. The van der Waals surface area contributed by atoms with Gasteiger partial charge < -0.3 is 10.1 Å². The van der Waals surface area contributed by atoms with E-state index in [4.69, 9.17) is 10.00 Å². The van der Waals surface area contributed by atoms with Crippen molar-refractivity contribution in [3.8, 4) is 6.07 Å². The number of benzene rings is 2. The molecule has 0 heterocycles. The molecule has 0 saturated carbocycles. The molecule has 0 aromatic heterocycles. The van der Waals surface area contributed by atoms with Gasteiger partial charge in [-0.3, -0.25) is 9.59 Å². The van der Waals surface area contributed by atoms with Crippen LogP contribution in [0.25, 0.3) is 0 Å². The molecule has 1 amide bonds. The Balaban J connectivity index is 1.72. The van der Waals surface area contributed by atoms with E-state index in [1.165, 1.54) is 17.8 Å². The maximum atomic E-state index is 13.1. The van der Waals surface area contributed by atoms with Crippen molar-refractivity contribution in [3.63, 3.8) is 0 Å². The van der Waals surface area contributed by atoms with Crippen molar-refractivity contribution >= 4 is 29.3 Å². The van der Waals surface area contributed by atoms with Gasteiger partial charge in [0.15, 0.2) is 18.2 Å². The molecular formula is C18H14F2N2O3S. The number of ether oxygens (including phenoxy) is 1. The van der Waals surface area contributed by atoms with Crippen LogP contribution >= 0.6 is 11.8 Å². The number of hydrogen-bond acceptors (Lipinski definition) is 5. The number of carbonyl (C=O) groups is 2. The van der Waals surface area contributed by atoms with Gasteiger partial charge in [0.1, 0.15) is 6.07 Å². The molecular weight excluding hydrogens is 362 g/mol. The lowest BCUT2D eigenvalue weighted by Gasteiger charge is -2.08. The first-order valence-electron chi connectivity index (χ1n) is 7.52. The molecule has 0 unspecified atom stereocenters. The summed E-state index contributed by atoms with van der Waals surface area (Å²) in [4.78, 5) is 23.9. The molecule has 0 bridgehead atoms. The molecule has 2 aromatic carbocycles. The van der Waals surface area contributed by atoms with Gasteiger partial charge in [-0.2, -0.15) is 5.26 Å². The van der Waals surface area contributed by atoms with E-state index in [1.54, 1.807) is 24.3 Å². The molecule has 5 nitrogen and oxygen atoms in total. The van der Waals surface area contributed by atoms with Crippen LogP contribution in [0.5, 0.6) is 0 Å². The van der Waals surface area contributed by atoms with Crippen molar-refractivity contribution in [1.29, 1.82) is 5.26 Å². The maximum Gasteiger partial charge on any atom is 0.307 e. The standard InChI is InChI=1S/C18H14F2N2O3S/c19-14-6-5-13(9-15(14)20)26-8-7-18(24)25-11-17(23)22-16-4-2-1-3-12(16)10-21/h1-6,9H,7-8,11H2,(H,22,23). The minimum absolute atomic E-state index is 0.00568. The molecule has 0 aliphatic carbocycles. The van der Waals surface area contributed by atoms with Gasteiger partial charge in [-0.1, -0.05) is 12.1 Å². The van der Waals surface area contributed by atoms with Crippen molar-refractivity contribution in [2.24, 2.45) is 0 Å². The molecule has 2 aromatic rings. The molecule has 134 valence electrons. The summed E-state index contributed by atoms with van der Waals surface area (Å²) in [5.74, 6) is -2.74. The van der Waals surface area contributed by atoms with E-state index in [0.717, 1.165) is 12.1 Å². The summed E-state index contributed by atoms with van der Waals surface area (Å²) >= 11 is 1.17. The van der Waals surface area contributed by atoms with Crippen molar-refractivity contribution < 1.29 is 23.1 Å². The van der Waals surface area contributed by atoms with Crippen LogP contribution in [-0.2, 0) is 14.3 Å². The number of nitrogens with one attached hydrogen (secondary N) is 1. The Labute approximate surface area is 153 Å². The number of nitrogens with zero attached hydrogens (tertiary/aromatic N) is 1. The maximum absolute atomic E-state index is 13.1. The van der Waals surface area contributed by atoms with Gasteiger partial charge in [0, 0.05) is 10.6 Å². The van der Waals surface area contributed by atoms with Crippen LogP contribution in [0.3, 0.4) is 0 Å². The molecule has 0 atom stereocenters. The minimum atomic E-state index is -0.952. The summed E-state index contributed by atoms with van der Waals surface area (Å²) < 4.78 is 30.7. The number of hydrogen-bond donors (Lipinski definition) is 1. The summed E-state index contributed by atoms with van der Waals surface area (Å²) in [5.41, 5.74) is 0.639. The number of rotatable bonds is 7. The fraction of sp³-hybridized carbons (Fsp3) is 0.167. The first kappa shape index (κ1) is 19.4. The third-order valence-corrected chi connectivity index (χ3v) is 4.15. The second-order valence-electron chi connectivity index (χ2n) is 5.04. The van der Waals surface area contributed by atoms with Crippen LogP contribution in [0.15, 0.2) is 47.4 Å². The third kappa shape index (κ3) is 5.86. The highest BCUT2D eigenvalue weighted by atomic mass is 32.2. The Hall–Kier alpha value is -2.92. The molecule has 0 spiro atoms. The number of amides is 1. The summed E-state index contributed by atoms with van der Waals surface area (Å²) in [6, 6.07) is 11.9. The number of nitriles is 1. The molecule has 1 N–H and O–H groups in total. The zero-order valence-electron chi connectivity index (χ0n) is 13.5. The number of anilines is 1. The molecule has 0 saturated heterocycles. The van der Waals surface area contributed by atoms with E-state index in [2.05, 4.69) is 5.32 Å². The molecule has 8 heteroatoms. The smallest absolute Gasteiger partial charge is 0.307 e. The van der Waals surface area contributed by atoms with Crippen LogP contribution in [0.1, 0.15) is 12.0 Å². The van der Waals surface area contributed by atoms with Crippen LogP contribution < -0.4 is 5.32 Å². The van der Waals surface area contributed by atoms with Crippen LogP contribution in [0.2, 0.25) is 0 Å². The number of halogens is 2. The molecule has 0 fully saturated rings. The first-order chi connectivity index (χ1) is 12.5. The first-order valence-corrected chi connectivity index (χ1v) is 8.50. The van der Waals surface area contributed by atoms with E-state index >= 15 is 0 Å². The lowest BCUT2D eigenvalue weighted by Crippen LogP contribution is -2.21. The highest BCUT2D eigenvalue weighted by molar-refractivity contribution is 7.99. The normalized spacial score (nSPS) is 10.0. The zero-order valence-corrected chi connectivity index (χ0v) is 14.3. The van der Waals surface area contributed by atoms with E-state index in [9.17, 15) is 18.4 Å². The fourth-order valence-electron chi connectivity index (χ4n) is 1.91. The SMILES string of the molecule is N#Cc1ccccc1NC(=O)COC(=O)CCSc1ccc(F)c(F)c1. The van der Waals surface area contributed by atoms with Gasteiger partial charge in [-0.15, -0.1) is 11.8 Å². The third-order valence-electron chi connectivity index (χ3n) is 3.15. The van der Waals surface area contributed by atoms with Crippen molar-refractivity contribution in [3.05, 3.63) is 59.7 Å². The summed E-state index contributed by atoms with van der Waals surface area (Å²) in [5, 5.41) is 11.4. The second-order valence-corrected chi connectivity index (χ2v) is 6.21. The minimum Gasteiger partial charge on any atom is -0.456 e. The Morgan fingerprint density at radius 1 is 1.15 bits per heavy atom. The van der Waals surface area contributed by atoms with Crippen molar-refractivity contribution in [1.82, 2.24) is 0 Å². The number of para-hydroxylation sites is 1. The van der Waals surface area contributed by atoms with E-state index in [1.807, 2.05) is 6.07 Å². The van der Waals surface area contributed by atoms with Gasteiger partial charge >= 0.3 is 5.97 Å². The quantitative estimate of drug-likeness (QED) is 0.591. The molecule has 0 radical (unpaired) electrons. The lowest BCUT2D eigenvalue weighted by atomic mass is 10.2. The summed E-state index contributed by atoms with van der Waals surface area (Å²) in [6.07, 6.45) is 0.00568. The predicted molar refractivity (Wildman–Crippen MR) is 92.4 cm³/mol. The van der Waals surface area contributed by atoms with E-state index < -0.39 is 30.1 Å². The van der Waals surface area contributed by atoms with Crippen LogP contribution in [-0.4, -0.2) is 24.2 Å². The van der Waals surface area contributed by atoms with Gasteiger partial charge in [0.2, 0.25) is 0 Å². The Morgan fingerprint density at radius 2 is 1.92 bits per heavy atom. The summed E-state index contributed by atoms with van der Waals surface area (Å²) in [7, 11) is 0. The van der Waals surface area contributed by atoms with E-state index in [0.29, 0.717) is 21.9 Å². The fourth-order valence-corrected chi connectivity index (χ4v) is 2.77. The number of esters is 1. The second kappa shape index (κ2) is 9.53. The van der Waals surface area contributed by atoms with Crippen molar-refractivity contribution in [2.75, 3.05) is 17.7 Å². The Kier molecular flexibility index (Phi) is 7.12. The highest BCUT2D eigenvalue weighted by Crippen LogP contribution is 2.21. The van der Waals surface area contributed by atoms with E-state index in [-0.39, 0.29) is 6.42 Å². The van der Waals surface area contributed by atoms with Crippen LogP contribution in [0, 0.1) is 23.0 Å². The van der Waals surface area contributed by atoms with Gasteiger partial charge in [-0.05, 0) is 30.3 Å². The van der Waals surface area contributed by atoms with Gasteiger partial charge in [0.25, 0.3) is 5.91 Å². The summed E-state index contributed by atoms with van der Waals surface area (Å²) in [6.45, 7) is -0.478. The monoisotopic (exact) mass is 376 g/mol. The highest BCUT2D eigenvalue weighted by Gasteiger charge is 2.10. The molecule has 26 heavy (non-hydrogen) atoms. The Bertz CT molecular complexity index is 853. The van der Waals surface area contributed by atoms with Crippen molar-refractivity contribution in [2.45, 2.75) is 11.3 Å². The largest absolute Gasteiger partial charge is 0.456 e. The molecule has 0 aliphatic rings. The lowest BCUT2D eigenvalue weighted by molar-refractivity contribution is -0.146. The number of thioether (sulfide) groups is 1. The average Bonchev–Trinajstić information content (AvgIpc) is 2.63. The topological polar surface area (TPSA) is 79.2 Å². The predicted octanol–water partition coefficient (Wildman–Crippen LogP) is 3.50. The van der Waals surface area contributed by atoms with Crippen LogP contribution in [0.4, 0.5) is 14.5 Å². The molecule has 0 aliphatic heterocycles.